The van der Waals surface area contributed by atoms with Crippen LogP contribution in [0.1, 0.15) is 45.1 Å². The van der Waals surface area contributed by atoms with Crippen LogP contribution in [-0.2, 0) is 0 Å². The molecule has 2 N–H and O–H groups in total. The number of fused-ring (bicyclic) bond motifs is 1. The zero-order valence-corrected chi connectivity index (χ0v) is 12.0. The lowest BCUT2D eigenvalue weighted by Gasteiger charge is -2.29. The van der Waals surface area contributed by atoms with Gasteiger partial charge in [0.1, 0.15) is 6.33 Å². The molecule has 6 nitrogen and oxygen atoms in total. The number of imidazole rings is 1. The van der Waals surface area contributed by atoms with Gasteiger partial charge in [0.2, 0.25) is 11.8 Å². The zero-order valence-electron chi connectivity index (χ0n) is 12.0. The molecule has 20 heavy (non-hydrogen) atoms. The molecule has 0 aliphatic heterocycles. The Kier molecular flexibility index (Phi) is 3.46. The van der Waals surface area contributed by atoms with E-state index in [-0.39, 0.29) is 0 Å². The van der Waals surface area contributed by atoms with Gasteiger partial charge < -0.3 is 10.5 Å². The maximum atomic E-state index is 6.12. The van der Waals surface area contributed by atoms with Crippen LogP contribution in [0, 0.1) is 5.92 Å². The summed E-state index contributed by atoms with van der Waals surface area (Å²) < 4.78 is 7.31. The minimum Gasteiger partial charge on any atom is -0.479 e. The van der Waals surface area contributed by atoms with Crippen molar-refractivity contribution < 1.29 is 4.74 Å². The lowest BCUT2D eigenvalue weighted by atomic mass is 9.84. The quantitative estimate of drug-likeness (QED) is 0.931. The van der Waals surface area contributed by atoms with Gasteiger partial charge in [-0.05, 0) is 18.8 Å². The Morgan fingerprint density at radius 2 is 2.25 bits per heavy atom. The number of aromatic nitrogens is 4. The molecule has 1 aliphatic rings. The number of methoxy groups -OCH3 is 1. The predicted octanol–water partition coefficient (Wildman–Crippen LogP) is 2.56. The van der Waals surface area contributed by atoms with Crippen LogP contribution < -0.4 is 10.5 Å². The van der Waals surface area contributed by atoms with Crippen LogP contribution in [0.25, 0.3) is 11.2 Å². The molecular weight excluding hydrogens is 254 g/mol. The molecule has 1 saturated carbocycles. The van der Waals surface area contributed by atoms with E-state index in [4.69, 9.17) is 10.5 Å². The number of ether oxygens (including phenoxy) is 1. The van der Waals surface area contributed by atoms with Crippen LogP contribution in [-0.4, -0.2) is 26.6 Å². The van der Waals surface area contributed by atoms with Gasteiger partial charge in [-0.15, -0.1) is 0 Å². The molecule has 0 radical (unpaired) electrons. The van der Waals surface area contributed by atoms with Gasteiger partial charge in [0.15, 0.2) is 11.2 Å². The summed E-state index contributed by atoms with van der Waals surface area (Å²) in [7, 11) is 1.59. The number of rotatable bonds is 3. The number of hydrogen-bond acceptors (Lipinski definition) is 5. The Balaban J connectivity index is 2.05. The van der Waals surface area contributed by atoms with Crippen LogP contribution >= 0.6 is 0 Å². The highest BCUT2D eigenvalue weighted by molar-refractivity contribution is 5.79. The summed E-state index contributed by atoms with van der Waals surface area (Å²) in [6.45, 7) is 2.26. The summed E-state index contributed by atoms with van der Waals surface area (Å²) in [5.74, 6) is 1.78. The average Bonchev–Trinajstić information content (AvgIpc) is 2.83. The van der Waals surface area contributed by atoms with Crippen molar-refractivity contribution in [3.05, 3.63) is 6.33 Å². The van der Waals surface area contributed by atoms with E-state index in [1.54, 1.807) is 7.11 Å². The van der Waals surface area contributed by atoms with Crippen molar-refractivity contribution in [3.8, 4) is 5.88 Å². The highest BCUT2D eigenvalue weighted by atomic mass is 16.5. The van der Waals surface area contributed by atoms with Crippen molar-refractivity contribution in [2.45, 2.75) is 45.1 Å². The summed E-state index contributed by atoms with van der Waals surface area (Å²) in [4.78, 5) is 12.9. The molecule has 108 valence electrons. The van der Waals surface area contributed by atoms with Gasteiger partial charge in [-0.3, -0.25) is 4.57 Å². The van der Waals surface area contributed by atoms with Gasteiger partial charge in [0, 0.05) is 6.04 Å². The summed E-state index contributed by atoms with van der Waals surface area (Å²) in [5, 5.41) is 0. The van der Waals surface area contributed by atoms with E-state index in [9.17, 15) is 0 Å². The summed E-state index contributed by atoms with van der Waals surface area (Å²) in [6, 6.07) is 0.387. The molecule has 2 unspecified atom stereocenters. The van der Waals surface area contributed by atoms with Crippen LogP contribution in [0.4, 0.5) is 5.95 Å². The molecule has 1 fully saturated rings. The Hall–Kier alpha value is -1.85. The summed E-state index contributed by atoms with van der Waals surface area (Å²) >= 11 is 0. The third kappa shape index (κ3) is 2.09. The van der Waals surface area contributed by atoms with E-state index < -0.39 is 0 Å². The first-order valence-corrected chi connectivity index (χ1v) is 7.27. The SMILES string of the molecule is CCC1CCCC(n2c(N)nc3c(OC)ncnc32)C1. The normalized spacial score (nSPS) is 23.1. The smallest absolute Gasteiger partial charge is 0.245 e. The maximum absolute atomic E-state index is 6.12. The number of nitrogen functional groups attached to an aromatic ring is 1. The molecule has 0 aromatic carbocycles. The lowest BCUT2D eigenvalue weighted by molar-refractivity contribution is 0.266. The first-order chi connectivity index (χ1) is 9.74. The number of anilines is 1. The molecular formula is C14H21N5O. The van der Waals surface area contributed by atoms with Crippen molar-refractivity contribution in [1.82, 2.24) is 19.5 Å². The molecule has 1 aliphatic carbocycles. The molecule has 0 saturated heterocycles. The molecule has 3 rings (SSSR count). The van der Waals surface area contributed by atoms with E-state index in [2.05, 4.69) is 26.4 Å². The molecule has 0 bridgehead atoms. The zero-order chi connectivity index (χ0) is 14.1. The lowest BCUT2D eigenvalue weighted by Crippen LogP contribution is -2.20. The van der Waals surface area contributed by atoms with Crippen molar-refractivity contribution in [1.29, 1.82) is 0 Å². The van der Waals surface area contributed by atoms with E-state index in [1.807, 2.05) is 0 Å². The second-order valence-corrected chi connectivity index (χ2v) is 5.49. The van der Waals surface area contributed by atoms with Gasteiger partial charge in [-0.2, -0.15) is 4.98 Å². The maximum Gasteiger partial charge on any atom is 0.245 e. The van der Waals surface area contributed by atoms with Gasteiger partial charge in [-0.1, -0.05) is 26.2 Å². The van der Waals surface area contributed by atoms with Crippen molar-refractivity contribution in [2.24, 2.45) is 5.92 Å². The molecule has 6 heteroatoms. The Morgan fingerprint density at radius 3 is 3.00 bits per heavy atom. The van der Waals surface area contributed by atoms with E-state index in [1.165, 1.54) is 25.6 Å². The largest absolute Gasteiger partial charge is 0.479 e. The Labute approximate surface area is 118 Å². The van der Waals surface area contributed by atoms with Crippen LogP contribution in [0.5, 0.6) is 5.88 Å². The van der Waals surface area contributed by atoms with Crippen LogP contribution in [0.3, 0.4) is 0 Å². The van der Waals surface area contributed by atoms with Crippen molar-refractivity contribution in [2.75, 3.05) is 12.8 Å². The minimum atomic E-state index is 0.387. The third-order valence-corrected chi connectivity index (χ3v) is 4.36. The fourth-order valence-electron chi connectivity index (χ4n) is 3.28. The van der Waals surface area contributed by atoms with Gasteiger partial charge in [0.25, 0.3) is 0 Å². The standard InChI is InChI=1S/C14H21N5O/c1-3-9-5-4-6-10(7-9)19-12-11(18-14(19)15)13(20-2)17-8-16-12/h8-10H,3-7H2,1-2H3,(H2,15,18). The highest BCUT2D eigenvalue weighted by Gasteiger charge is 2.26. The number of nitrogens with zero attached hydrogens (tertiary/aromatic N) is 4. The molecule has 2 heterocycles. The topological polar surface area (TPSA) is 78.9 Å². The fraction of sp³-hybridized carbons (Fsp3) is 0.643. The molecule has 2 aromatic rings. The van der Waals surface area contributed by atoms with Gasteiger partial charge in [0.05, 0.1) is 7.11 Å². The average molecular weight is 275 g/mol. The van der Waals surface area contributed by atoms with E-state index in [0.29, 0.717) is 23.4 Å². The first-order valence-electron chi connectivity index (χ1n) is 7.27. The van der Waals surface area contributed by atoms with Gasteiger partial charge in [-0.25, -0.2) is 9.97 Å². The predicted molar refractivity (Wildman–Crippen MR) is 77.6 cm³/mol. The molecule has 2 atom stereocenters. The third-order valence-electron chi connectivity index (χ3n) is 4.36. The Bertz CT molecular complexity index is 609. The van der Waals surface area contributed by atoms with Crippen molar-refractivity contribution in [3.63, 3.8) is 0 Å². The Morgan fingerprint density at radius 1 is 1.40 bits per heavy atom. The van der Waals surface area contributed by atoms with Gasteiger partial charge >= 0.3 is 0 Å². The van der Waals surface area contributed by atoms with E-state index in [0.717, 1.165) is 24.4 Å². The molecule has 2 aromatic heterocycles. The summed E-state index contributed by atoms with van der Waals surface area (Å²) in [6.07, 6.45) is 7.58. The second-order valence-electron chi connectivity index (χ2n) is 5.49. The van der Waals surface area contributed by atoms with Crippen molar-refractivity contribution >= 4 is 17.1 Å². The first kappa shape index (κ1) is 13.1. The summed E-state index contributed by atoms with van der Waals surface area (Å²) in [5.41, 5.74) is 7.57. The van der Waals surface area contributed by atoms with Crippen LogP contribution in [0.15, 0.2) is 6.33 Å². The van der Waals surface area contributed by atoms with E-state index >= 15 is 0 Å². The van der Waals surface area contributed by atoms with Crippen LogP contribution in [0.2, 0.25) is 0 Å². The number of nitrogens with two attached hydrogens (primary N) is 1. The number of hydrogen-bond donors (Lipinski definition) is 1. The molecule has 0 amide bonds. The minimum absolute atomic E-state index is 0.387. The monoisotopic (exact) mass is 275 g/mol. The second kappa shape index (κ2) is 5.26. The fourth-order valence-corrected chi connectivity index (χ4v) is 3.28. The highest BCUT2D eigenvalue weighted by Crippen LogP contribution is 2.37. The molecule has 0 spiro atoms.